The molecule has 0 amide bonds. The van der Waals surface area contributed by atoms with Crippen LogP contribution in [0, 0.1) is 5.41 Å². The lowest BCUT2D eigenvalue weighted by molar-refractivity contribution is -0.113. The molecule has 0 aromatic rings. The SMILES string of the molecule is CC(=O)C(C)=C(C)C(C)(C)C. The molecule has 0 heterocycles. The van der Waals surface area contributed by atoms with E-state index in [0.717, 1.165) is 5.57 Å². The summed E-state index contributed by atoms with van der Waals surface area (Å²) in [5, 5.41) is 0. The van der Waals surface area contributed by atoms with Gasteiger partial charge in [-0.3, -0.25) is 4.79 Å². The van der Waals surface area contributed by atoms with Crippen molar-refractivity contribution in [1.82, 2.24) is 0 Å². The maximum atomic E-state index is 11.0. The van der Waals surface area contributed by atoms with Crippen molar-refractivity contribution in [2.75, 3.05) is 0 Å². The van der Waals surface area contributed by atoms with Crippen molar-refractivity contribution in [1.29, 1.82) is 0 Å². The number of allylic oxidation sites excluding steroid dienone is 2. The van der Waals surface area contributed by atoms with E-state index < -0.39 is 0 Å². The normalized spacial score (nSPS) is 14.4. The summed E-state index contributed by atoms with van der Waals surface area (Å²) in [6.07, 6.45) is 0. The van der Waals surface area contributed by atoms with Gasteiger partial charge in [0, 0.05) is 0 Å². The molecule has 0 saturated carbocycles. The zero-order chi connectivity index (χ0) is 9.23. The third kappa shape index (κ3) is 2.87. The van der Waals surface area contributed by atoms with Gasteiger partial charge in [-0.15, -0.1) is 0 Å². The average Bonchev–Trinajstić information content (AvgIpc) is 1.82. The third-order valence-electron chi connectivity index (χ3n) is 2.22. The molecule has 11 heavy (non-hydrogen) atoms. The first-order valence-corrected chi connectivity index (χ1v) is 3.95. The smallest absolute Gasteiger partial charge is 0.155 e. The van der Waals surface area contributed by atoms with Crippen molar-refractivity contribution in [3.05, 3.63) is 11.1 Å². The van der Waals surface area contributed by atoms with Gasteiger partial charge in [0.1, 0.15) is 0 Å². The summed E-state index contributed by atoms with van der Waals surface area (Å²) in [6, 6.07) is 0. The molecule has 0 N–H and O–H groups in total. The second-order valence-corrected chi connectivity index (χ2v) is 4.06. The van der Waals surface area contributed by atoms with E-state index in [1.54, 1.807) is 6.92 Å². The fourth-order valence-electron chi connectivity index (χ4n) is 0.827. The maximum absolute atomic E-state index is 11.0. The number of hydrogen-bond acceptors (Lipinski definition) is 1. The lowest BCUT2D eigenvalue weighted by atomic mass is 9.84. The molecule has 0 spiro atoms. The zero-order valence-corrected chi connectivity index (χ0v) is 8.41. The molecule has 0 aromatic carbocycles. The van der Waals surface area contributed by atoms with Gasteiger partial charge in [0.15, 0.2) is 5.78 Å². The van der Waals surface area contributed by atoms with Gasteiger partial charge in [0.05, 0.1) is 0 Å². The minimum atomic E-state index is 0.121. The van der Waals surface area contributed by atoms with Crippen molar-refractivity contribution in [3.63, 3.8) is 0 Å². The molecule has 0 bridgehead atoms. The monoisotopic (exact) mass is 154 g/mol. The van der Waals surface area contributed by atoms with Crippen LogP contribution in [0.3, 0.4) is 0 Å². The van der Waals surface area contributed by atoms with Gasteiger partial charge in [-0.1, -0.05) is 26.3 Å². The molecular formula is C10H18O. The number of carbonyl (C=O) groups is 1. The Morgan fingerprint density at radius 1 is 1.00 bits per heavy atom. The number of hydrogen-bond donors (Lipinski definition) is 0. The Bertz CT molecular complexity index is 191. The van der Waals surface area contributed by atoms with Crippen LogP contribution in [0.2, 0.25) is 0 Å². The molecule has 0 unspecified atom stereocenters. The Balaban J connectivity index is 4.82. The van der Waals surface area contributed by atoms with Gasteiger partial charge in [-0.2, -0.15) is 0 Å². The minimum Gasteiger partial charge on any atom is -0.295 e. The quantitative estimate of drug-likeness (QED) is 0.531. The molecule has 64 valence electrons. The Morgan fingerprint density at radius 3 is 1.45 bits per heavy atom. The molecule has 0 radical (unpaired) electrons. The van der Waals surface area contributed by atoms with Crippen molar-refractivity contribution >= 4 is 5.78 Å². The highest BCUT2D eigenvalue weighted by Gasteiger charge is 2.16. The van der Waals surface area contributed by atoms with Crippen molar-refractivity contribution in [3.8, 4) is 0 Å². The second kappa shape index (κ2) is 3.21. The van der Waals surface area contributed by atoms with Crippen LogP contribution in [0.25, 0.3) is 0 Å². The van der Waals surface area contributed by atoms with Crippen LogP contribution >= 0.6 is 0 Å². The lowest BCUT2D eigenvalue weighted by Crippen LogP contribution is -2.11. The van der Waals surface area contributed by atoms with E-state index in [-0.39, 0.29) is 11.2 Å². The first-order valence-electron chi connectivity index (χ1n) is 3.95. The standard InChI is InChI=1S/C10H18O/c1-7(9(3)11)8(2)10(4,5)6/h1-6H3. The van der Waals surface area contributed by atoms with E-state index in [4.69, 9.17) is 0 Å². The highest BCUT2D eigenvalue weighted by molar-refractivity contribution is 5.93. The largest absolute Gasteiger partial charge is 0.295 e. The van der Waals surface area contributed by atoms with Gasteiger partial charge in [-0.25, -0.2) is 0 Å². The van der Waals surface area contributed by atoms with Gasteiger partial charge >= 0.3 is 0 Å². The summed E-state index contributed by atoms with van der Waals surface area (Å²) in [5.74, 6) is 0.178. The molecule has 1 heteroatoms. The first-order chi connectivity index (χ1) is 4.76. The van der Waals surface area contributed by atoms with Crippen molar-refractivity contribution in [2.45, 2.75) is 41.5 Å². The first kappa shape index (κ1) is 10.4. The molecule has 0 aromatic heterocycles. The fraction of sp³-hybridized carbons (Fsp3) is 0.700. The minimum absolute atomic E-state index is 0.121. The topological polar surface area (TPSA) is 17.1 Å². The molecule has 0 fully saturated rings. The highest BCUT2D eigenvalue weighted by atomic mass is 16.1. The van der Waals surface area contributed by atoms with Crippen molar-refractivity contribution < 1.29 is 4.79 Å². The number of Topliss-reactive ketones (excluding diaryl/α,β-unsaturated/α-hetero) is 1. The van der Waals surface area contributed by atoms with Gasteiger partial charge in [0.25, 0.3) is 0 Å². The van der Waals surface area contributed by atoms with Crippen LogP contribution in [0.15, 0.2) is 11.1 Å². The van der Waals surface area contributed by atoms with Crippen LogP contribution < -0.4 is 0 Å². The molecule has 0 aliphatic heterocycles. The predicted molar refractivity (Wildman–Crippen MR) is 48.5 cm³/mol. The van der Waals surface area contributed by atoms with Gasteiger partial charge in [-0.05, 0) is 31.8 Å². The fourth-order valence-corrected chi connectivity index (χ4v) is 0.827. The number of rotatable bonds is 1. The summed E-state index contributed by atoms with van der Waals surface area (Å²) in [6.45, 7) is 11.9. The summed E-state index contributed by atoms with van der Waals surface area (Å²) in [5.41, 5.74) is 2.21. The van der Waals surface area contributed by atoms with E-state index >= 15 is 0 Å². The predicted octanol–water partition coefficient (Wildman–Crippen LogP) is 2.96. The van der Waals surface area contributed by atoms with Crippen LogP contribution in [-0.4, -0.2) is 5.78 Å². The van der Waals surface area contributed by atoms with Gasteiger partial charge in [0.2, 0.25) is 0 Å². The Labute approximate surface area is 69.5 Å². The van der Waals surface area contributed by atoms with Crippen LogP contribution in [-0.2, 0) is 4.79 Å². The summed E-state index contributed by atoms with van der Waals surface area (Å²) < 4.78 is 0. The Hall–Kier alpha value is -0.590. The van der Waals surface area contributed by atoms with Crippen LogP contribution in [0.1, 0.15) is 41.5 Å². The molecule has 0 saturated heterocycles. The van der Waals surface area contributed by atoms with Crippen LogP contribution in [0.4, 0.5) is 0 Å². The molecule has 1 nitrogen and oxygen atoms in total. The number of carbonyl (C=O) groups excluding carboxylic acids is 1. The number of ketones is 1. The third-order valence-corrected chi connectivity index (χ3v) is 2.22. The summed E-state index contributed by atoms with van der Waals surface area (Å²) >= 11 is 0. The lowest BCUT2D eigenvalue weighted by Gasteiger charge is -2.21. The maximum Gasteiger partial charge on any atom is 0.155 e. The molecule has 0 rings (SSSR count). The molecule has 0 atom stereocenters. The van der Waals surface area contributed by atoms with E-state index in [1.165, 1.54) is 5.57 Å². The van der Waals surface area contributed by atoms with E-state index in [1.807, 2.05) is 13.8 Å². The molecule has 0 aliphatic rings. The van der Waals surface area contributed by atoms with E-state index in [0.29, 0.717) is 0 Å². The summed E-state index contributed by atoms with van der Waals surface area (Å²) in [7, 11) is 0. The van der Waals surface area contributed by atoms with Gasteiger partial charge < -0.3 is 0 Å². The van der Waals surface area contributed by atoms with Crippen LogP contribution in [0.5, 0.6) is 0 Å². The Morgan fingerprint density at radius 2 is 1.36 bits per heavy atom. The summed E-state index contributed by atoms with van der Waals surface area (Å²) in [4.78, 5) is 11.0. The molecular weight excluding hydrogens is 136 g/mol. The average molecular weight is 154 g/mol. The van der Waals surface area contributed by atoms with E-state index in [2.05, 4.69) is 20.8 Å². The van der Waals surface area contributed by atoms with E-state index in [9.17, 15) is 4.79 Å². The molecule has 0 aliphatic carbocycles. The highest BCUT2D eigenvalue weighted by Crippen LogP contribution is 2.27. The second-order valence-electron chi connectivity index (χ2n) is 4.06. The Kier molecular flexibility index (Phi) is 3.03. The van der Waals surface area contributed by atoms with Crippen molar-refractivity contribution in [2.24, 2.45) is 5.41 Å². The zero-order valence-electron chi connectivity index (χ0n) is 8.41.